The van der Waals surface area contributed by atoms with E-state index in [1.54, 1.807) is 0 Å². The Bertz CT molecular complexity index is 832. The minimum Gasteiger partial charge on any atom is -0.110 e. The van der Waals surface area contributed by atoms with Crippen LogP contribution >= 0.6 is 11.6 Å². The summed E-state index contributed by atoms with van der Waals surface area (Å²) in [5.41, 5.74) is 5.16. The fourth-order valence-corrected chi connectivity index (χ4v) is 3.36. The van der Waals surface area contributed by atoms with Gasteiger partial charge in [-0.3, -0.25) is 0 Å². The van der Waals surface area contributed by atoms with E-state index >= 15 is 0 Å². The van der Waals surface area contributed by atoms with Crippen molar-refractivity contribution in [3.05, 3.63) is 95.6 Å². The van der Waals surface area contributed by atoms with Crippen LogP contribution in [-0.4, -0.2) is 4.87 Å². The van der Waals surface area contributed by atoms with Crippen LogP contribution in [0.15, 0.2) is 78.9 Å². The molecule has 2 unspecified atom stereocenters. The minimum absolute atomic E-state index is 0.176. The molecule has 1 aliphatic carbocycles. The van der Waals surface area contributed by atoms with E-state index in [0.29, 0.717) is 0 Å². The Morgan fingerprint density at radius 3 is 2.19 bits per heavy atom. The smallest absolute Gasteiger partial charge is 0.0872 e. The predicted molar refractivity (Wildman–Crippen MR) is 115 cm³/mol. The summed E-state index contributed by atoms with van der Waals surface area (Å²) in [5.74, 6) is 0.217. The van der Waals surface area contributed by atoms with Gasteiger partial charge >= 0.3 is 0 Å². The van der Waals surface area contributed by atoms with Gasteiger partial charge in [-0.15, -0.1) is 11.6 Å². The van der Waals surface area contributed by atoms with Crippen LogP contribution in [0.4, 0.5) is 0 Å². The van der Waals surface area contributed by atoms with Crippen LogP contribution in [0.1, 0.15) is 44.4 Å². The van der Waals surface area contributed by atoms with Gasteiger partial charge in [0.25, 0.3) is 0 Å². The fourth-order valence-electron chi connectivity index (χ4n) is 3.17. The molecule has 26 heavy (non-hydrogen) atoms. The second-order valence-corrected chi connectivity index (χ2v) is 8.80. The third kappa shape index (κ3) is 4.19. The summed E-state index contributed by atoms with van der Waals surface area (Å²) in [6.07, 6.45) is 10.7. The monoisotopic (exact) mass is 362 g/mol. The van der Waals surface area contributed by atoms with Gasteiger partial charge in [0.1, 0.15) is 0 Å². The predicted octanol–water partition coefficient (Wildman–Crippen LogP) is 7.26. The maximum Gasteiger partial charge on any atom is 0.0872 e. The molecular weight excluding hydrogens is 336 g/mol. The molecule has 2 aromatic carbocycles. The van der Waals surface area contributed by atoms with Gasteiger partial charge in [-0.1, -0.05) is 113 Å². The van der Waals surface area contributed by atoms with Gasteiger partial charge in [0, 0.05) is 5.92 Å². The SMILES string of the molecule is CC1C=C(c2ccccc2)C=CC1(Cl)/C=C/c1ccc(C(C)(C)C)cc1. The molecule has 0 saturated carbocycles. The molecule has 2 aromatic rings. The molecule has 0 amide bonds. The first kappa shape index (κ1) is 18.7. The standard InChI is InChI=1S/C25H27Cl/c1-19-18-22(21-8-6-5-7-9-21)15-17-25(19,26)16-14-20-10-12-23(13-11-20)24(2,3)4/h5-19H,1-4H3/b16-14+. The normalized spacial score (nSPS) is 23.3. The molecule has 2 atom stereocenters. The number of benzene rings is 2. The van der Waals surface area contributed by atoms with Gasteiger partial charge < -0.3 is 0 Å². The van der Waals surface area contributed by atoms with E-state index in [2.05, 4.69) is 107 Å². The van der Waals surface area contributed by atoms with Gasteiger partial charge in [0.05, 0.1) is 4.87 Å². The number of hydrogen-bond donors (Lipinski definition) is 0. The molecule has 0 saturated heterocycles. The number of hydrogen-bond acceptors (Lipinski definition) is 0. The zero-order valence-electron chi connectivity index (χ0n) is 16.0. The third-order valence-corrected chi connectivity index (χ3v) is 5.66. The van der Waals surface area contributed by atoms with Crippen molar-refractivity contribution in [3.63, 3.8) is 0 Å². The summed E-state index contributed by atoms with van der Waals surface area (Å²) >= 11 is 6.91. The van der Waals surface area contributed by atoms with Crippen molar-refractivity contribution < 1.29 is 0 Å². The van der Waals surface area contributed by atoms with Crippen LogP contribution in [0, 0.1) is 5.92 Å². The van der Waals surface area contributed by atoms with E-state index in [0.717, 1.165) is 0 Å². The lowest BCUT2D eigenvalue weighted by atomic mass is 9.83. The summed E-state index contributed by atoms with van der Waals surface area (Å²) in [6, 6.07) is 19.2. The Balaban J connectivity index is 1.77. The first-order valence-corrected chi connectivity index (χ1v) is 9.61. The summed E-state index contributed by atoms with van der Waals surface area (Å²) < 4.78 is 0. The summed E-state index contributed by atoms with van der Waals surface area (Å²) in [7, 11) is 0. The molecule has 1 aliphatic rings. The molecule has 0 N–H and O–H groups in total. The summed E-state index contributed by atoms with van der Waals surface area (Å²) in [4.78, 5) is -0.485. The number of halogens is 1. The van der Waals surface area contributed by atoms with Gasteiger partial charge in [-0.25, -0.2) is 0 Å². The van der Waals surface area contributed by atoms with Crippen molar-refractivity contribution in [3.8, 4) is 0 Å². The molecule has 0 bridgehead atoms. The number of alkyl halides is 1. The van der Waals surface area contributed by atoms with E-state index in [-0.39, 0.29) is 11.3 Å². The highest BCUT2D eigenvalue weighted by Gasteiger charge is 2.30. The lowest BCUT2D eigenvalue weighted by Crippen LogP contribution is -2.26. The molecule has 0 heterocycles. The van der Waals surface area contributed by atoms with E-state index in [1.807, 2.05) is 6.07 Å². The van der Waals surface area contributed by atoms with Crippen LogP contribution in [-0.2, 0) is 5.41 Å². The second kappa shape index (κ2) is 7.29. The second-order valence-electron chi connectivity index (χ2n) is 8.14. The van der Waals surface area contributed by atoms with Gasteiger partial charge in [0.2, 0.25) is 0 Å². The molecule has 134 valence electrons. The van der Waals surface area contributed by atoms with Crippen molar-refractivity contribution in [1.29, 1.82) is 0 Å². The van der Waals surface area contributed by atoms with E-state index in [4.69, 9.17) is 11.6 Å². The Morgan fingerprint density at radius 1 is 0.962 bits per heavy atom. The van der Waals surface area contributed by atoms with Gasteiger partial charge in [-0.2, -0.15) is 0 Å². The molecule has 0 radical (unpaired) electrons. The van der Waals surface area contributed by atoms with Gasteiger partial charge in [-0.05, 0) is 27.7 Å². The number of allylic oxidation sites excluding steroid dienone is 5. The molecule has 0 aliphatic heterocycles. The van der Waals surface area contributed by atoms with E-state index in [1.165, 1.54) is 22.3 Å². The molecule has 3 rings (SSSR count). The lowest BCUT2D eigenvalue weighted by Gasteiger charge is -2.29. The fraction of sp³-hybridized carbons (Fsp3) is 0.280. The lowest BCUT2D eigenvalue weighted by molar-refractivity contribution is 0.590. The summed E-state index contributed by atoms with van der Waals surface area (Å²) in [6.45, 7) is 8.87. The first-order valence-electron chi connectivity index (χ1n) is 9.23. The van der Waals surface area contributed by atoms with Crippen LogP contribution in [0.25, 0.3) is 11.6 Å². The molecule has 0 nitrogen and oxygen atoms in total. The molecule has 0 fully saturated rings. The van der Waals surface area contributed by atoms with Crippen LogP contribution in [0.3, 0.4) is 0 Å². The van der Waals surface area contributed by atoms with E-state index < -0.39 is 4.87 Å². The van der Waals surface area contributed by atoms with Crippen molar-refractivity contribution in [2.24, 2.45) is 5.92 Å². The zero-order valence-corrected chi connectivity index (χ0v) is 16.8. The highest BCUT2D eigenvalue weighted by molar-refractivity contribution is 6.27. The highest BCUT2D eigenvalue weighted by atomic mass is 35.5. The largest absolute Gasteiger partial charge is 0.110 e. The van der Waals surface area contributed by atoms with Crippen molar-refractivity contribution in [1.82, 2.24) is 0 Å². The minimum atomic E-state index is -0.485. The molecular formula is C25H27Cl. The number of rotatable bonds is 3. The molecule has 0 aromatic heterocycles. The zero-order chi connectivity index (χ0) is 18.8. The van der Waals surface area contributed by atoms with Crippen LogP contribution in [0.5, 0.6) is 0 Å². The average Bonchev–Trinajstić information content (AvgIpc) is 2.63. The quantitative estimate of drug-likeness (QED) is 0.504. The topological polar surface area (TPSA) is 0 Å². The van der Waals surface area contributed by atoms with Crippen molar-refractivity contribution >= 4 is 23.3 Å². The first-order chi connectivity index (χ1) is 12.3. The van der Waals surface area contributed by atoms with Crippen molar-refractivity contribution in [2.45, 2.75) is 38.0 Å². The van der Waals surface area contributed by atoms with Gasteiger partial charge in [0.15, 0.2) is 0 Å². The Kier molecular flexibility index (Phi) is 5.25. The Hall–Kier alpha value is -2.05. The molecule has 0 spiro atoms. The maximum atomic E-state index is 6.91. The summed E-state index contributed by atoms with van der Waals surface area (Å²) in [5, 5.41) is 0. The average molecular weight is 363 g/mol. The highest BCUT2D eigenvalue weighted by Crippen LogP contribution is 2.37. The van der Waals surface area contributed by atoms with Crippen LogP contribution < -0.4 is 0 Å². The molecule has 1 heteroatoms. The van der Waals surface area contributed by atoms with Crippen LogP contribution in [0.2, 0.25) is 0 Å². The Labute approximate surface area is 162 Å². The van der Waals surface area contributed by atoms with E-state index in [9.17, 15) is 0 Å². The Morgan fingerprint density at radius 2 is 1.62 bits per heavy atom. The maximum absolute atomic E-state index is 6.91. The van der Waals surface area contributed by atoms with Crippen molar-refractivity contribution in [2.75, 3.05) is 0 Å². The third-order valence-electron chi connectivity index (χ3n) is 5.06.